The summed E-state index contributed by atoms with van der Waals surface area (Å²) >= 11 is 0. The van der Waals surface area contributed by atoms with E-state index in [2.05, 4.69) is 0 Å². The Morgan fingerprint density at radius 1 is 1.24 bits per heavy atom. The van der Waals surface area contributed by atoms with E-state index in [-0.39, 0.29) is 25.2 Å². The molecule has 1 fully saturated rings. The molecule has 29 heavy (non-hydrogen) atoms. The number of aliphatic hydroxyl groups is 2. The number of hydrogen-bond acceptors (Lipinski definition) is 6. The normalized spacial score (nSPS) is 17.7. The van der Waals surface area contributed by atoms with Gasteiger partial charge in [-0.3, -0.25) is 9.69 Å². The monoisotopic (exact) mass is 400 g/mol. The van der Waals surface area contributed by atoms with Crippen LogP contribution in [0, 0.1) is 0 Å². The van der Waals surface area contributed by atoms with Crippen molar-refractivity contribution in [1.29, 1.82) is 0 Å². The molecule has 156 valence electrons. The van der Waals surface area contributed by atoms with E-state index in [1.165, 1.54) is 0 Å². The molecule has 2 aromatic rings. The Bertz CT molecular complexity index is 811. The van der Waals surface area contributed by atoms with Crippen LogP contribution in [-0.4, -0.2) is 60.1 Å². The first-order chi connectivity index (χ1) is 14.0. The quantitative estimate of drug-likeness (QED) is 0.706. The maximum Gasteiger partial charge on any atom is 0.224 e. The fraction of sp³-hybridized carbons (Fsp3) is 0.409. The van der Waals surface area contributed by atoms with Crippen molar-refractivity contribution >= 4 is 11.6 Å². The van der Waals surface area contributed by atoms with Crippen molar-refractivity contribution in [3.05, 3.63) is 54.1 Å². The lowest BCUT2D eigenvalue weighted by Gasteiger charge is -2.29. The van der Waals surface area contributed by atoms with Gasteiger partial charge in [-0.05, 0) is 36.2 Å². The zero-order valence-corrected chi connectivity index (χ0v) is 16.8. The van der Waals surface area contributed by atoms with E-state index in [4.69, 9.17) is 14.6 Å². The number of carbonyl (C=O) groups is 1. The molecule has 3 rings (SSSR count). The molecule has 0 radical (unpaired) electrons. The summed E-state index contributed by atoms with van der Waals surface area (Å²) in [4.78, 5) is 16.0. The lowest BCUT2D eigenvalue weighted by molar-refractivity contribution is -0.117. The highest BCUT2D eigenvalue weighted by molar-refractivity contribution is 5.92. The Morgan fingerprint density at radius 2 is 2.00 bits per heavy atom. The van der Waals surface area contributed by atoms with Gasteiger partial charge in [0, 0.05) is 31.8 Å². The third-order valence-electron chi connectivity index (χ3n) is 5.16. The van der Waals surface area contributed by atoms with E-state index >= 15 is 0 Å². The van der Waals surface area contributed by atoms with E-state index < -0.39 is 6.23 Å². The summed E-state index contributed by atoms with van der Waals surface area (Å²) in [5.41, 5.74) is 1.60. The van der Waals surface area contributed by atoms with Gasteiger partial charge in [0.15, 0.2) is 0 Å². The Kier molecular flexibility index (Phi) is 7.09. The molecule has 2 aromatic carbocycles. The van der Waals surface area contributed by atoms with Crippen molar-refractivity contribution in [3.63, 3.8) is 0 Å². The topological polar surface area (TPSA) is 82.5 Å². The van der Waals surface area contributed by atoms with Crippen LogP contribution in [0.3, 0.4) is 0 Å². The second-order valence-electron chi connectivity index (χ2n) is 7.12. The van der Waals surface area contributed by atoms with E-state index in [0.29, 0.717) is 24.6 Å². The largest absolute Gasteiger partial charge is 0.497 e. The van der Waals surface area contributed by atoms with Crippen LogP contribution in [0.5, 0.6) is 11.5 Å². The van der Waals surface area contributed by atoms with Crippen molar-refractivity contribution in [2.24, 2.45) is 0 Å². The predicted molar refractivity (Wildman–Crippen MR) is 110 cm³/mol. The van der Waals surface area contributed by atoms with Crippen LogP contribution in [0.1, 0.15) is 18.9 Å². The zero-order chi connectivity index (χ0) is 20.8. The number of likely N-dealkylation sites (tertiary alicyclic amines) is 1. The number of aliphatic hydroxyl groups excluding tert-OH is 2. The molecule has 2 atom stereocenters. The van der Waals surface area contributed by atoms with E-state index in [0.717, 1.165) is 17.7 Å². The standard InChI is InChI=1S/C22H28N2O5/c1-16(26)24(18-4-3-5-21(12-18)28-2)19-10-11-23(13-19)22(27)15-29-20-8-6-17(14-25)7-9-20/h3-9,12,19,22,25,27H,10-11,13-15H2,1-2H3. The van der Waals surface area contributed by atoms with Crippen LogP contribution in [0.2, 0.25) is 0 Å². The Balaban J connectivity index is 1.60. The van der Waals surface area contributed by atoms with Crippen molar-refractivity contribution in [1.82, 2.24) is 4.90 Å². The molecule has 0 aromatic heterocycles. The number of rotatable bonds is 8. The molecule has 1 aliphatic heterocycles. The third kappa shape index (κ3) is 5.26. The molecule has 1 saturated heterocycles. The second-order valence-corrected chi connectivity index (χ2v) is 7.12. The first-order valence-corrected chi connectivity index (χ1v) is 9.70. The van der Waals surface area contributed by atoms with Gasteiger partial charge in [-0.1, -0.05) is 18.2 Å². The van der Waals surface area contributed by atoms with Crippen LogP contribution in [0.15, 0.2) is 48.5 Å². The molecule has 0 spiro atoms. The molecule has 0 aliphatic carbocycles. The van der Waals surface area contributed by atoms with Gasteiger partial charge in [0.25, 0.3) is 0 Å². The van der Waals surface area contributed by atoms with Crippen molar-refractivity contribution < 1.29 is 24.5 Å². The van der Waals surface area contributed by atoms with Gasteiger partial charge < -0.3 is 24.6 Å². The van der Waals surface area contributed by atoms with Gasteiger partial charge >= 0.3 is 0 Å². The highest BCUT2D eigenvalue weighted by Crippen LogP contribution is 2.27. The maximum atomic E-state index is 12.3. The molecule has 2 unspecified atom stereocenters. The number of benzene rings is 2. The zero-order valence-electron chi connectivity index (χ0n) is 16.8. The molecular formula is C22H28N2O5. The van der Waals surface area contributed by atoms with Crippen LogP contribution >= 0.6 is 0 Å². The minimum atomic E-state index is -0.767. The number of methoxy groups -OCH3 is 1. The van der Waals surface area contributed by atoms with Crippen LogP contribution in [0.25, 0.3) is 0 Å². The molecule has 0 bridgehead atoms. The first kappa shape index (κ1) is 21.1. The molecule has 2 N–H and O–H groups in total. The molecule has 7 heteroatoms. The van der Waals surface area contributed by atoms with Crippen LogP contribution < -0.4 is 14.4 Å². The molecular weight excluding hydrogens is 372 g/mol. The summed E-state index contributed by atoms with van der Waals surface area (Å²) in [5, 5.41) is 19.6. The number of hydrogen-bond donors (Lipinski definition) is 2. The van der Waals surface area contributed by atoms with Gasteiger partial charge in [-0.15, -0.1) is 0 Å². The number of nitrogens with zero attached hydrogens (tertiary/aromatic N) is 2. The van der Waals surface area contributed by atoms with Gasteiger partial charge in [0.2, 0.25) is 5.91 Å². The van der Waals surface area contributed by atoms with Gasteiger partial charge in [0.05, 0.1) is 19.8 Å². The van der Waals surface area contributed by atoms with E-state index in [1.807, 2.05) is 29.2 Å². The average molecular weight is 400 g/mol. The van der Waals surface area contributed by atoms with E-state index in [1.54, 1.807) is 43.2 Å². The van der Waals surface area contributed by atoms with Gasteiger partial charge in [-0.25, -0.2) is 0 Å². The van der Waals surface area contributed by atoms with Crippen LogP contribution in [0.4, 0.5) is 5.69 Å². The van der Waals surface area contributed by atoms with Crippen molar-refractivity contribution in [3.8, 4) is 11.5 Å². The number of ether oxygens (including phenoxy) is 2. The molecule has 7 nitrogen and oxygen atoms in total. The summed E-state index contributed by atoms with van der Waals surface area (Å²) < 4.78 is 10.9. The smallest absolute Gasteiger partial charge is 0.224 e. The fourth-order valence-electron chi connectivity index (χ4n) is 3.63. The Morgan fingerprint density at radius 3 is 2.66 bits per heavy atom. The summed E-state index contributed by atoms with van der Waals surface area (Å²) in [6.07, 6.45) is -0.00406. The minimum Gasteiger partial charge on any atom is -0.497 e. The first-order valence-electron chi connectivity index (χ1n) is 9.70. The number of amides is 1. The summed E-state index contributed by atoms with van der Waals surface area (Å²) in [6.45, 7) is 2.90. The SMILES string of the molecule is COc1cccc(N(C(C)=O)C2CCN(C(O)COc3ccc(CO)cc3)C2)c1. The number of carbonyl (C=O) groups excluding carboxylic acids is 1. The minimum absolute atomic E-state index is 0.0159. The average Bonchev–Trinajstić information content (AvgIpc) is 3.22. The Hall–Kier alpha value is -2.61. The summed E-state index contributed by atoms with van der Waals surface area (Å²) in [7, 11) is 1.60. The van der Waals surface area contributed by atoms with Gasteiger partial charge in [0.1, 0.15) is 24.3 Å². The summed E-state index contributed by atoms with van der Waals surface area (Å²) in [6, 6.07) is 14.5. The highest BCUT2D eigenvalue weighted by atomic mass is 16.5. The fourth-order valence-corrected chi connectivity index (χ4v) is 3.63. The molecule has 1 heterocycles. The third-order valence-corrected chi connectivity index (χ3v) is 5.16. The second kappa shape index (κ2) is 9.73. The number of anilines is 1. The highest BCUT2D eigenvalue weighted by Gasteiger charge is 2.33. The lowest BCUT2D eigenvalue weighted by Crippen LogP contribution is -2.44. The summed E-state index contributed by atoms with van der Waals surface area (Å²) in [5.74, 6) is 1.29. The molecule has 0 saturated carbocycles. The molecule has 1 amide bonds. The van der Waals surface area contributed by atoms with Crippen molar-refractivity contribution in [2.75, 3.05) is 31.7 Å². The van der Waals surface area contributed by atoms with Crippen LogP contribution in [-0.2, 0) is 11.4 Å². The molecule has 1 aliphatic rings. The maximum absolute atomic E-state index is 12.3. The van der Waals surface area contributed by atoms with Gasteiger partial charge in [-0.2, -0.15) is 0 Å². The Labute approximate surface area is 171 Å². The lowest BCUT2D eigenvalue weighted by atomic mass is 10.1. The van der Waals surface area contributed by atoms with E-state index in [9.17, 15) is 9.90 Å². The van der Waals surface area contributed by atoms with Crippen molar-refractivity contribution in [2.45, 2.75) is 32.2 Å². The predicted octanol–water partition coefficient (Wildman–Crippen LogP) is 2.01.